The molecular formula is C12H7FN2O3. The number of carboxylic acids is 1. The molecule has 0 atom stereocenters. The van der Waals surface area contributed by atoms with Crippen molar-refractivity contribution in [1.29, 1.82) is 0 Å². The second kappa shape index (κ2) is 3.69. The van der Waals surface area contributed by atoms with Crippen molar-refractivity contribution < 1.29 is 18.7 Å². The summed E-state index contributed by atoms with van der Waals surface area (Å²) in [5.41, 5.74) is 0.733. The van der Waals surface area contributed by atoms with Gasteiger partial charge < -0.3 is 9.52 Å². The molecule has 0 aliphatic heterocycles. The average Bonchev–Trinajstić information content (AvgIpc) is 2.93. The lowest BCUT2D eigenvalue weighted by molar-refractivity contribution is 0.0690. The topological polar surface area (TPSA) is 79.1 Å². The van der Waals surface area contributed by atoms with Gasteiger partial charge in [0.15, 0.2) is 11.5 Å². The maximum Gasteiger partial charge on any atom is 0.356 e. The molecule has 0 aliphatic rings. The lowest BCUT2D eigenvalue weighted by Crippen LogP contribution is -1.95. The molecule has 0 aliphatic carbocycles. The fourth-order valence-corrected chi connectivity index (χ4v) is 1.70. The number of nitrogens with zero attached hydrogens (tertiary/aromatic N) is 1. The number of nitrogens with one attached hydrogen (secondary N) is 1. The van der Waals surface area contributed by atoms with Gasteiger partial charge in [-0.1, -0.05) is 0 Å². The normalized spacial score (nSPS) is 10.9. The fraction of sp³-hybridized carbons (Fsp3) is 0. The molecule has 2 aromatic heterocycles. The molecular weight excluding hydrogens is 239 g/mol. The third kappa shape index (κ3) is 1.64. The Labute approximate surface area is 99.8 Å². The number of furan rings is 1. The molecule has 0 saturated carbocycles. The molecule has 3 aromatic rings. The largest absolute Gasteiger partial charge is 0.476 e. The van der Waals surface area contributed by atoms with E-state index in [1.807, 2.05) is 0 Å². The summed E-state index contributed by atoms with van der Waals surface area (Å²) in [5.74, 6) is -1.10. The first-order chi connectivity index (χ1) is 8.63. The van der Waals surface area contributed by atoms with Crippen LogP contribution in [0.4, 0.5) is 4.39 Å². The summed E-state index contributed by atoms with van der Waals surface area (Å²) in [4.78, 5) is 10.7. The summed E-state index contributed by atoms with van der Waals surface area (Å²) in [5, 5.41) is 15.7. The number of benzene rings is 1. The summed E-state index contributed by atoms with van der Waals surface area (Å²) in [6.07, 6.45) is 0. The predicted molar refractivity (Wildman–Crippen MR) is 60.7 cm³/mol. The average molecular weight is 246 g/mol. The molecule has 1 aromatic carbocycles. The molecule has 0 bridgehead atoms. The van der Waals surface area contributed by atoms with E-state index in [0.717, 1.165) is 5.39 Å². The van der Waals surface area contributed by atoms with Crippen LogP contribution in [0.3, 0.4) is 0 Å². The second-order valence-corrected chi connectivity index (χ2v) is 3.76. The zero-order valence-corrected chi connectivity index (χ0v) is 8.98. The van der Waals surface area contributed by atoms with Gasteiger partial charge in [0.05, 0.1) is 0 Å². The molecule has 0 saturated heterocycles. The zero-order chi connectivity index (χ0) is 12.7. The van der Waals surface area contributed by atoms with E-state index in [1.54, 1.807) is 12.1 Å². The van der Waals surface area contributed by atoms with Gasteiger partial charge in [0.2, 0.25) is 0 Å². The van der Waals surface area contributed by atoms with Gasteiger partial charge in [-0.15, -0.1) is 0 Å². The molecule has 3 rings (SSSR count). The van der Waals surface area contributed by atoms with Crippen molar-refractivity contribution in [2.24, 2.45) is 0 Å². The summed E-state index contributed by atoms with van der Waals surface area (Å²) >= 11 is 0. The van der Waals surface area contributed by atoms with E-state index in [-0.39, 0.29) is 11.5 Å². The van der Waals surface area contributed by atoms with Crippen molar-refractivity contribution in [2.45, 2.75) is 0 Å². The molecule has 0 spiro atoms. The van der Waals surface area contributed by atoms with Crippen LogP contribution in [0.25, 0.3) is 22.4 Å². The second-order valence-electron chi connectivity index (χ2n) is 3.76. The van der Waals surface area contributed by atoms with E-state index >= 15 is 0 Å². The van der Waals surface area contributed by atoms with Gasteiger partial charge in [0.25, 0.3) is 0 Å². The summed E-state index contributed by atoms with van der Waals surface area (Å²) in [7, 11) is 0. The standard InChI is InChI=1S/C12H7FN2O3/c13-7-2-1-6-3-11(18-10(6)4-7)8-5-9(12(16)17)15-14-8/h1-5H,(H,14,15)(H,16,17). The number of halogens is 1. The van der Waals surface area contributed by atoms with Crippen LogP contribution in [-0.2, 0) is 0 Å². The summed E-state index contributed by atoms with van der Waals surface area (Å²) in [6.45, 7) is 0. The Hall–Kier alpha value is -2.63. The van der Waals surface area contributed by atoms with Crippen LogP contribution >= 0.6 is 0 Å². The monoisotopic (exact) mass is 246 g/mol. The van der Waals surface area contributed by atoms with Crippen LogP contribution < -0.4 is 0 Å². The number of carboxylic acid groups (broad SMARTS) is 1. The minimum absolute atomic E-state index is 0.100. The number of aromatic carboxylic acids is 1. The van der Waals surface area contributed by atoms with Crippen LogP contribution in [0.1, 0.15) is 10.5 Å². The molecule has 90 valence electrons. The fourth-order valence-electron chi connectivity index (χ4n) is 1.70. The lowest BCUT2D eigenvalue weighted by atomic mass is 10.2. The van der Waals surface area contributed by atoms with E-state index in [9.17, 15) is 9.18 Å². The molecule has 6 heteroatoms. The van der Waals surface area contributed by atoms with Gasteiger partial charge in [-0.25, -0.2) is 9.18 Å². The zero-order valence-electron chi connectivity index (χ0n) is 8.98. The Morgan fingerprint density at radius 2 is 2.17 bits per heavy atom. The van der Waals surface area contributed by atoms with Crippen molar-refractivity contribution in [1.82, 2.24) is 10.2 Å². The molecule has 2 heterocycles. The Kier molecular flexibility index (Phi) is 2.16. The predicted octanol–water partition coefficient (Wildman–Crippen LogP) is 2.66. The van der Waals surface area contributed by atoms with Gasteiger partial charge >= 0.3 is 5.97 Å². The van der Waals surface area contributed by atoms with Gasteiger partial charge in [0.1, 0.15) is 17.1 Å². The highest BCUT2D eigenvalue weighted by Crippen LogP contribution is 2.27. The van der Waals surface area contributed by atoms with Crippen LogP contribution in [-0.4, -0.2) is 21.3 Å². The van der Waals surface area contributed by atoms with Crippen LogP contribution in [0.15, 0.2) is 34.7 Å². The van der Waals surface area contributed by atoms with Gasteiger partial charge in [0, 0.05) is 17.5 Å². The number of hydrogen-bond acceptors (Lipinski definition) is 3. The van der Waals surface area contributed by atoms with Crippen LogP contribution in [0.2, 0.25) is 0 Å². The van der Waals surface area contributed by atoms with Gasteiger partial charge in [-0.3, -0.25) is 5.10 Å². The maximum atomic E-state index is 13.0. The first-order valence-corrected chi connectivity index (χ1v) is 5.11. The molecule has 0 amide bonds. The van der Waals surface area contributed by atoms with Crippen LogP contribution in [0.5, 0.6) is 0 Å². The quantitative estimate of drug-likeness (QED) is 0.728. The highest BCUT2D eigenvalue weighted by molar-refractivity contribution is 5.87. The van der Waals surface area contributed by atoms with E-state index < -0.39 is 5.97 Å². The minimum atomic E-state index is -1.13. The molecule has 0 unspecified atom stereocenters. The van der Waals surface area contributed by atoms with Gasteiger partial charge in [-0.2, -0.15) is 5.10 Å². The van der Waals surface area contributed by atoms with E-state index in [2.05, 4.69) is 10.2 Å². The number of fused-ring (bicyclic) bond motifs is 1. The van der Waals surface area contributed by atoms with Crippen LogP contribution in [0, 0.1) is 5.82 Å². The van der Waals surface area contributed by atoms with Crippen molar-refractivity contribution in [3.05, 3.63) is 41.8 Å². The SMILES string of the molecule is O=C(O)c1cc(-c2cc3ccc(F)cc3o2)[nH]n1. The van der Waals surface area contributed by atoms with E-state index in [4.69, 9.17) is 9.52 Å². The van der Waals surface area contributed by atoms with Gasteiger partial charge in [-0.05, 0) is 18.2 Å². The summed E-state index contributed by atoms with van der Waals surface area (Å²) in [6, 6.07) is 7.24. The van der Waals surface area contributed by atoms with Crippen molar-refractivity contribution >= 4 is 16.9 Å². The number of hydrogen-bond donors (Lipinski definition) is 2. The minimum Gasteiger partial charge on any atom is -0.476 e. The van der Waals surface area contributed by atoms with E-state index in [1.165, 1.54) is 18.2 Å². The number of carbonyl (C=O) groups is 1. The maximum absolute atomic E-state index is 13.0. The number of aromatic nitrogens is 2. The Morgan fingerprint density at radius 3 is 2.89 bits per heavy atom. The Bertz CT molecular complexity index is 745. The van der Waals surface area contributed by atoms with Crippen molar-refractivity contribution in [3.8, 4) is 11.5 Å². The molecule has 2 N–H and O–H groups in total. The first-order valence-electron chi connectivity index (χ1n) is 5.11. The Balaban J connectivity index is 2.10. The highest BCUT2D eigenvalue weighted by Gasteiger charge is 2.13. The molecule has 18 heavy (non-hydrogen) atoms. The van der Waals surface area contributed by atoms with E-state index in [0.29, 0.717) is 17.0 Å². The molecule has 0 radical (unpaired) electrons. The highest BCUT2D eigenvalue weighted by atomic mass is 19.1. The Morgan fingerprint density at radius 1 is 1.33 bits per heavy atom. The number of aromatic amines is 1. The lowest BCUT2D eigenvalue weighted by Gasteiger charge is -1.88. The van der Waals surface area contributed by atoms with Crippen molar-refractivity contribution in [2.75, 3.05) is 0 Å². The third-order valence-electron chi connectivity index (χ3n) is 2.54. The smallest absolute Gasteiger partial charge is 0.356 e. The summed E-state index contributed by atoms with van der Waals surface area (Å²) < 4.78 is 18.4. The molecule has 0 fully saturated rings. The number of rotatable bonds is 2. The third-order valence-corrected chi connectivity index (χ3v) is 2.54. The number of H-pyrrole nitrogens is 1. The first kappa shape index (κ1) is 10.5. The van der Waals surface area contributed by atoms with Crippen molar-refractivity contribution in [3.63, 3.8) is 0 Å². The molecule has 5 nitrogen and oxygen atoms in total.